The first-order valence-corrected chi connectivity index (χ1v) is 9.26. The molecular weight excluding hydrogens is 300 g/mol. The third kappa shape index (κ3) is 4.16. The van der Waals surface area contributed by atoms with Gasteiger partial charge in [-0.05, 0) is 38.2 Å². The Hall–Kier alpha value is -1.84. The Morgan fingerprint density at radius 1 is 1.29 bits per heavy atom. The summed E-state index contributed by atoms with van der Waals surface area (Å²) in [4.78, 5) is 26.5. The van der Waals surface area contributed by atoms with Crippen molar-refractivity contribution in [2.75, 3.05) is 13.1 Å². The highest BCUT2D eigenvalue weighted by atomic mass is 16.2. The molecule has 1 aliphatic carbocycles. The van der Waals surface area contributed by atoms with E-state index >= 15 is 0 Å². The molecule has 4 heteroatoms. The van der Waals surface area contributed by atoms with Crippen molar-refractivity contribution in [2.45, 2.75) is 57.9 Å². The summed E-state index contributed by atoms with van der Waals surface area (Å²) in [6.07, 6.45) is 6.93. The number of nitrogens with zero attached hydrogens (tertiary/aromatic N) is 1. The van der Waals surface area contributed by atoms with Gasteiger partial charge in [-0.3, -0.25) is 9.59 Å². The second kappa shape index (κ2) is 7.82. The van der Waals surface area contributed by atoms with Gasteiger partial charge in [-0.1, -0.05) is 42.7 Å². The molecule has 3 rings (SSSR count). The van der Waals surface area contributed by atoms with Crippen molar-refractivity contribution in [3.63, 3.8) is 0 Å². The van der Waals surface area contributed by atoms with Gasteiger partial charge in [-0.2, -0.15) is 0 Å². The van der Waals surface area contributed by atoms with E-state index in [9.17, 15) is 9.59 Å². The van der Waals surface area contributed by atoms with Crippen molar-refractivity contribution in [1.29, 1.82) is 0 Å². The molecule has 0 bridgehead atoms. The molecule has 1 saturated heterocycles. The highest BCUT2D eigenvalue weighted by Crippen LogP contribution is 2.29. The summed E-state index contributed by atoms with van der Waals surface area (Å²) in [6, 6.07) is 8.88. The van der Waals surface area contributed by atoms with Gasteiger partial charge in [0.1, 0.15) is 0 Å². The number of amides is 2. The summed E-state index contributed by atoms with van der Waals surface area (Å²) in [6.45, 7) is 3.40. The Balaban J connectivity index is 1.40. The molecule has 2 fully saturated rings. The van der Waals surface area contributed by atoms with Crippen molar-refractivity contribution in [3.05, 3.63) is 35.4 Å². The van der Waals surface area contributed by atoms with Crippen LogP contribution in [0.5, 0.6) is 0 Å². The lowest BCUT2D eigenvalue weighted by molar-refractivity contribution is -0.130. The third-order valence-electron chi connectivity index (χ3n) is 5.32. The number of nitrogens with one attached hydrogen (secondary N) is 1. The van der Waals surface area contributed by atoms with Crippen molar-refractivity contribution in [1.82, 2.24) is 10.2 Å². The molecule has 0 radical (unpaired) electrons. The number of benzene rings is 1. The summed E-state index contributed by atoms with van der Waals surface area (Å²) < 4.78 is 0. The predicted octanol–water partition coefficient (Wildman–Crippen LogP) is 2.83. The van der Waals surface area contributed by atoms with E-state index in [1.165, 1.54) is 24.0 Å². The van der Waals surface area contributed by atoms with Crippen LogP contribution in [-0.4, -0.2) is 35.8 Å². The zero-order valence-electron chi connectivity index (χ0n) is 14.6. The van der Waals surface area contributed by atoms with Crippen LogP contribution in [0.2, 0.25) is 0 Å². The van der Waals surface area contributed by atoms with Gasteiger partial charge in [0.2, 0.25) is 11.8 Å². The minimum Gasteiger partial charge on any atom is -0.356 e. The molecule has 2 amide bonds. The van der Waals surface area contributed by atoms with Gasteiger partial charge in [-0.25, -0.2) is 0 Å². The van der Waals surface area contributed by atoms with Crippen molar-refractivity contribution >= 4 is 11.8 Å². The Morgan fingerprint density at radius 2 is 2.08 bits per heavy atom. The van der Waals surface area contributed by atoms with Crippen LogP contribution >= 0.6 is 0 Å². The Morgan fingerprint density at radius 3 is 2.83 bits per heavy atom. The predicted molar refractivity (Wildman–Crippen MR) is 94.6 cm³/mol. The first-order chi connectivity index (χ1) is 11.6. The minimum absolute atomic E-state index is 0.0492. The van der Waals surface area contributed by atoms with Gasteiger partial charge >= 0.3 is 0 Å². The molecular formula is C20H28N2O2. The molecule has 1 aromatic rings. The summed E-state index contributed by atoms with van der Waals surface area (Å²) in [5.41, 5.74) is 2.58. The maximum atomic E-state index is 12.3. The molecule has 1 aromatic carbocycles. The topological polar surface area (TPSA) is 49.4 Å². The number of likely N-dealkylation sites (tertiary alicyclic amines) is 1. The number of aryl methyl sites for hydroxylation is 2. The van der Waals surface area contributed by atoms with E-state index in [4.69, 9.17) is 0 Å². The van der Waals surface area contributed by atoms with E-state index in [-0.39, 0.29) is 17.7 Å². The van der Waals surface area contributed by atoms with Crippen molar-refractivity contribution in [2.24, 2.45) is 5.92 Å². The summed E-state index contributed by atoms with van der Waals surface area (Å²) in [5.74, 6) is 0.0620. The maximum absolute atomic E-state index is 12.3. The second-order valence-electron chi connectivity index (χ2n) is 7.27. The molecule has 1 aliphatic heterocycles. The van der Waals surface area contributed by atoms with Gasteiger partial charge in [0.15, 0.2) is 0 Å². The summed E-state index contributed by atoms with van der Waals surface area (Å²) in [7, 11) is 0. The second-order valence-corrected chi connectivity index (χ2v) is 7.27. The molecule has 0 spiro atoms. The maximum Gasteiger partial charge on any atom is 0.225 e. The van der Waals surface area contributed by atoms with Crippen LogP contribution in [0.1, 0.15) is 49.7 Å². The summed E-state index contributed by atoms with van der Waals surface area (Å²) in [5, 5.41) is 3.02. The molecule has 1 heterocycles. The molecule has 1 N–H and O–H groups in total. The highest BCUT2D eigenvalue weighted by Gasteiger charge is 2.38. The van der Waals surface area contributed by atoms with E-state index in [0.717, 1.165) is 25.7 Å². The smallest absolute Gasteiger partial charge is 0.225 e. The van der Waals surface area contributed by atoms with Crippen molar-refractivity contribution in [3.8, 4) is 0 Å². The first-order valence-electron chi connectivity index (χ1n) is 9.26. The van der Waals surface area contributed by atoms with Crippen LogP contribution < -0.4 is 5.32 Å². The molecule has 4 nitrogen and oxygen atoms in total. The third-order valence-corrected chi connectivity index (χ3v) is 5.32. The molecule has 1 atom stereocenters. The number of hydrogen-bond donors (Lipinski definition) is 1. The molecule has 2 aliphatic rings. The first kappa shape index (κ1) is 17.0. The minimum atomic E-state index is -0.155. The van der Waals surface area contributed by atoms with E-state index in [1.54, 1.807) is 0 Å². The zero-order chi connectivity index (χ0) is 16.9. The van der Waals surface area contributed by atoms with Gasteiger partial charge in [0.25, 0.3) is 0 Å². The number of carbonyl (C=O) groups is 2. The van der Waals surface area contributed by atoms with Crippen LogP contribution in [0.15, 0.2) is 24.3 Å². The van der Waals surface area contributed by atoms with Crippen LogP contribution in [0.25, 0.3) is 0 Å². The van der Waals surface area contributed by atoms with Gasteiger partial charge < -0.3 is 10.2 Å². The Labute approximate surface area is 144 Å². The number of hydrogen-bond acceptors (Lipinski definition) is 2. The molecule has 1 saturated carbocycles. The fourth-order valence-electron chi connectivity index (χ4n) is 3.99. The number of carbonyl (C=O) groups excluding carboxylic acids is 2. The van der Waals surface area contributed by atoms with Gasteiger partial charge in [-0.15, -0.1) is 0 Å². The lowest BCUT2D eigenvalue weighted by Gasteiger charge is -2.23. The van der Waals surface area contributed by atoms with E-state index in [2.05, 4.69) is 36.5 Å². The summed E-state index contributed by atoms with van der Waals surface area (Å²) >= 11 is 0. The van der Waals surface area contributed by atoms with Gasteiger partial charge in [0, 0.05) is 25.6 Å². The number of rotatable bonds is 6. The molecule has 130 valence electrons. The molecule has 1 unspecified atom stereocenters. The lowest BCUT2D eigenvalue weighted by atomic mass is 10.1. The average molecular weight is 328 g/mol. The van der Waals surface area contributed by atoms with Crippen molar-refractivity contribution < 1.29 is 9.59 Å². The fraction of sp³-hybridized carbons (Fsp3) is 0.600. The monoisotopic (exact) mass is 328 g/mol. The fourth-order valence-corrected chi connectivity index (χ4v) is 3.99. The van der Waals surface area contributed by atoms with Crippen LogP contribution in [-0.2, 0) is 16.0 Å². The SMILES string of the molecule is Cc1cccc(CCCNC(=O)C2CC(=O)N(C3CCCC3)C2)c1. The van der Waals surface area contributed by atoms with E-state index in [1.807, 2.05) is 4.90 Å². The Kier molecular flexibility index (Phi) is 5.54. The molecule has 0 aromatic heterocycles. The van der Waals surface area contributed by atoms with Crippen LogP contribution in [0.4, 0.5) is 0 Å². The van der Waals surface area contributed by atoms with Gasteiger partial charge in [0.05, 0.1) is 5.92 Å². The zero-order valence-corrected chi connectivity index (χ0v) is 14.6. The lowest BCUT2D eigenvalue weighted by Crippen LogP contribution is -2.37. The Bertz CT molecular complexity index is 593. The standard InChI is InChI=1S/C20H28N2O2/c1-15-6-4-7-16(12-15)8-5-11-21-20(24)17-13-19(23)22(14-17)18-9-2-3-10-18/h4,6-7,12,17-18H,2-3,5,8-11,13-14H2,1H3,(H,21,24). The highest BCUT2D eigenvalue weighted by molar-refractivity contribution is 5.89. The molecule has 24 heavy (non-hydrogen) atoms. The average Bonchev–Trinajstić information content (AvgIpc) is 3.20. The normalized spacial score (nSPS) is 21.5. The van der Waals surface area contributed by atoms with Crippen LogP contribution in [0, 0.1) is 12.8 Å². The van der Waals surface area contributed by atoms with E-state index < -0.39 is 0 Å². The largest absolute Gasteiger partial charge is 0.356 e. The van der Waals surface area contributed by atoms with Crippen LogP contribution in [0.3, 0.4) is 0 Å². The van der Waals surface area contributed by atoms with E-state index in [0.29, 0.717) is 25.6 Å². The quantitative estimate of drug-likeness (QED) is 0.816.